The molecule has 2 rings (SSSR count). The summed E-state index contributed by atoms with van der Waals surface area (Å²) in [5, 5.41) is 12.4. The van der Waals surface area contributed by atoms with Crippen molar-refractivity contribution < 1.29 is 5.11 Å². The van der Waals surface area contributed by atoms with Gasteiger partial charge < -0.3 is 5.11 Å². The fourth-order valence-corrected chi connectivity index (χ4v) is 2.71. The summed E-state index contributed by atoms with van der Waals surface area (Å²) in [5.74, 6) is 1.85. The number of aromatic nitrogens is 1. The Morgan fingerprint density at radius 3 is 3.06 bits per heavy atom. The van der Waals surface area contributed by atoms with Gasteiger partial charge in [0.05, 0.1) is 6.10 Å². The van der Waals surface area contributed by atoms with Crippen molar-refractivity contribution in [1.82, 2.24) is 4.98 Å². The molecule has 0 aliphatic rings. The lowest BCUT2D eigenvalue weighted by Gasteiger charge is -2.12. The van der Waals surface area contributed by atoms with Crippen LogP contribution in [0.3, 0.4) is 0 Å². The lowest BCUT2D eigenvalue weighted by Crippen LogP contribution is -2.02. The van der Waals surface area contributed by atoms with Gasteiger partial charge in [-0.25, -0.2) is 0 Å². The molecule has 0 bridgehead atoms. The van der Waals surface area contributed by atoms with Crippen molar-refractivity contribution >= 4 is 22.5 Å². The van der Waals surface area contributed by atoms with Gasteiger partial charge in [-0.05, 0) is 29.2 Å². The summed E-state index contributed by atoms with van der Waals surface area (Å²) in [6.07, 6.45) is 4.36. The molecule has 2 nitrogen and oxygen atoms in total. The standard InChI is InChI=1S/C14H17NOS/c1-2-8-17-10-14(16)12-5-3-4-11-6-7-15-9-13(11)12/h3-7,9,14,16H,2,8,10H2,1H3. The quantitative estimate of drug-likeness (QED) is 0.822. The van der Waals surface area contributed by atoms with Crippen molar-refractivity contribution in [2.45, 2.75) is 19.4 Å². The molecule has 0 spiro atoms. The van der Waals surface area contributed by atoms with Crippen molar-refractivity contribution in [2.24, 2.45) is 0 Å². The number of thioether (sulfide) groups is 1. The molecule has 0 aliphatic carbocycles. The van der Waals surface area contributed by atoms with Gasteiger partial charge in [0, 0.05) is 23.5 Å². The molecule has 1 atom stereocenters. The minimum Gasteiger partial charge on any atom is -0.388 e. The van der Waals surface area contributed by atoms with Crippen LogP contribution in [0.4, 0.5) is 0 Å². The van der Waals surface area contributed by atoms with Gasteiger partial charge in [0.1, 0.15) is 0 Å². The molecule has 1 aromatic carbocycles. The summed E-state index contributed by atoms with van der Waals surface area (Å²) in [4.78, 5) is 4.13. The number of benzene rings is 1. The Hall–Kier alpha value is -1.06. The van der Waals surface area contributed by atoms with Crippen LogP contribution in [0.1, 0.15) is 25.0 Å². The molecule has 0 saturated heterocycles. The molecule has 17 heavy (non-hydrogen) atoms. The minimum atomic E-state index is -0.403. The van der Waals surface area contributed by atoms with Crippen molar-refractivity contribution in [3.63, 3.8) is 0 Å². The normalized spacial score (nSPS) is 12.8. The lowest BCUT2D eigenvalue weighted by molar-refractivity contribution is 0.205. The zero-order valence-corrected chi connectivity index (χ0v) is 10.8. The largest absolute Gasteiger partial charge is 0.388 e. The monoisotopic (exact) mass is 247 g/mol. The van der Waals surface area contributed by atoms with Gasteiger partial charge in [0.15, 0.2) is 0 Å². The predicted molar refractivity (Wildman–Crippen MR) is 74.3 cm³/mol. The smallest absolute Gasteiger partial charge is 0.0886 e. The maximum Gasteiger partial charge on any atom is 0.0886 e. The van der Waals surface area contributed by atoms with Gasteiger partial charge in [0.25, 0.3) is 0 Å². The topological polar surface area (TPSA) is 33.1 Å². The fourth-order valence-electron chi connectivity index (χ4n) is 1.86. The van der Waals surface area contributed by atoms with Gasteiger partial charge in [0.2, 0.25) is 0 Å². The van der Waals surface area contributed by atoms with Crippen LogP contribution in [-0.4, -0.2) is 21.6 Å². The van der Waals surface area contributed by atoms with E-state index in [2.05, 4.69) is 11.9 Å². The van der Waals surface area contributed by atoms with Gasteiger partial charge in [-0.2, -0.15) is 11.8 Å². The van der Waals surface area contributed by atoms with E-state index in [0.29, 0.717) is 0 Å². The third-order valence-corrected chi connectivity index (χ3v) is 3.95. The van der Waals surface area contributed by atoms with Crippen LogP contribution in [0.2, 0.25) is 0 Å². The third kappa shape index (κ3) is 2.99. The van der Waals surface area contributed by atoms with Crippen molar-refractivity contribution in [1.29, 1.82) is 0 Å². The average molecular weight is 247 g/mol. The summed E-state index contributed by atoms with van der Waals surface area (Å²) < 4.78 is 0. The van der Waals surface area contributed by atoms with E-state index < -0.39 is 6.10 Å². The van der Waals surface area contributed by atoms with Crippen LogP contribution in [0, 0.1) is 0 Å². The van der Waals surface area contributed by atoms with E-state index in [1.807, 2.05) is 30.5 Å². The Balaban J connectivity index is 2.22. The molecule has 0 amide bonds. The van der Waals surface area contributed by atoms with Crippen LogP contribution in [0.15, 0.2) is 36.7 Å². The zero-order chi connectivity index (χ0) is 12.1. The second kappa shape index (κ2) is 6.03. The number of pyridine rings is 1. The van der Waals surface area contributed by atoms with Crippen LogP contribution < -0.4 is 0 Å². The highest BCUT2D eigenvalue weighted by Gasteiger charge is 2.10. The van der Waals surface area contributed by atoms with E-state index in [-0.39, 0.29) is 0 Å². The minimum absolute atomic E-state index is 0.403. The maximum atomic E-state index is 10.2. The van der Waals surface area contributed by atoms with Gasteiger partial charge in [-0.1, -0.05) is 25.1 Å². The Morgan fingerprint density at radius 1 is 1.35 bits per heavy atom. The van der Waals surface area contributed by atoms with Crippen LogP contribution >= 0.6 is 11.8 Å². The van der Waals surface area contributed by atoms with Crippen molar-refractivity contribution in [2.75, 3.05) is 11.5 Å². The van der Waals surface area contributed by atoms with E-state index in [4.69, 9.17) is 0 Å². The number of hydrogen-bond acceptors (Lipinski definition) is 3. The van der Waals surface area contributed by atoms with Crippen LogP contribution in [0.25, 0.3) is 10.8 Å². The Morgan fingerprint density at radius 2 is 2.24 bits per heavy atom. The van der Waals surface area contributed by atoms with E-state index in [9.17, 15) is 5.11 Å². The summed E-state index contributed by atoms with van der Waals surface area (Å²) in [6.45, 7) is 2.15. The molecule has 3 heteroatoms. The number of nitrogens with zero attached hydrogens (tertiary/aromatic N) is 1. The molecule has 90 valence electrons. The molecule has 1 aromatic heterocycles. The summed E-state index contributed by atoms with van der Waals surface area (Å²) in [6, 6.07) is 8.00. The first-order chi connectivity index (χ1) is 8.33. The molecule has 2 aromatic rings. The number of rotatable bonds is 5. The molecule has 0 saturated carbocycles. The second-order valence-corrected chi connectivity index (χ2v) is 5.18. The summed E-state index contributed by atoms with van der Waals surface area (Å²) in [7, 11) is 0. The second-order valence-electron chi connectivity index (χ2n) is 4.03. The highest BCUT2D eigenvalue weighted by atomic mass is 32.2. The number of hydrogen-bond donors (Lipinski definition) is 1. The lowest BCUT2D eigenvalue weighted by atomic mass is 10.0. The van der Waals surface area contributed by atoms with E-state index >= 15 is 0 Å². The Bertz CT molecular complexity index is 481. The third-order valence-electron chi connectivity index (χ3n) is 2.70. The Labute approximate surface area is 106 Å². The number of fused-ring (bicyclic) bond motifs is 1. The molecular weight excluding hydrogens is 230 g/mol. The van der Waals surface area contributed by atoms with Gasteiger partial charge >= 0.3 is 0 Å². The summed E-state index contributed by atoms with van der Waals surface area (Å²) in [5.41, 5.74) is 0.985. The molecule has 0 fully saturated rings. The van der Waals surface area contributed by atoms with Crippen LogP contribution in [0.5, 0.6) is 0 Å². The molecule has 1 heterocycles. The first kappa shape index (κ1) is 12.4. The van der Waals surface area contributed by atoms with Crippen molar-refractivity contribution in [3.8, 4) is 0 Å². The van der Waals surface area contributed by atoms with Gasteiger partial charge in [-0.15, -0.1) is 0 Å². The van der Waals surface area contributed by atoms with Crippen LogP contribution in [-0.2, 0) is 0 Å². The molecule has 0 aliphatic heterocycles. The highest BCUT2D eigenvalue weighted by Crippen LogP contribution is 2.26. The predicted octanol–water partition coefficient (Wildman–Crippen LogP) is 3.41. The summed E-state index contributed by atoms with van der Waals surface area (Å²) >= 11 is 1.79. The Kier molecular flexibility index (Phi) is 4.40. The number of aliphatic hydroxyl groups excluding tert-OH is 1. The highest BCUT2D eigenvalue weighted by molar-refractivity contribution is 7.99. The first-order valence-corrected chi connectivity index (χ1v) is 7.07. The first-order valence-electron chi connectivity index (χ1n) is 5.91. The molecular formula is C14H17NOS. The zero-order valence-electron chi connectivity index (χ0n) is 9.97. The number of aliphatic hydroxyl groups is 1. The fraction of sp³-hybridized carbons (Fsp3) is 0.357. The van der Waals surface area contributed by atoms with E-state index in [1.54, 1.807) is 18.0 Å². The molecule has 1 unspecified atom stereocenters. The van der Waals surface area contributed by atoms with Gasteiger partial charge in [-0.3, -0.25) is 4.98 Å². The average Bonchev–Trinajstić information content (AvgIpc) is 2.38. The van der Waals surface area contributed by atoms with E-state index in [0.717, 1.165) is 34.3 Å². The SMILES string of the molecule is CCCSCC(O)c1cccc2ccncc12. The van der Waals surface area contributed by atoms with E-state index in [1.165, 1.54) is 0 Å². The molecule has 0 radical (unpaired) electrons. The van der Waals surface area contributed by atoms with Crippen molar-refractivity contribution in [3.05, 3.63) is 42.2 Å². The maximum absolute atomic E-state index is 10.2. The molecule has 1 N–H and O–H groups in total.